The number of H-pyrrole nitrogens is 1. The number of carboxylic acid groups (broad SMARTS) is 1. The Labute approximate surface area is 134 Å². The molecule has 0 spiro atoms. The van der Waals surface area contributed by atoms with E-state index in [2.05, 4.69) is 4.98 Å². The molecule has 122 valence electrons. The number of carbonyl (C=O) groups excluding carboxylic acids is 1. The molecule has 0 saturated carbocycles. The van der Waals surface area contributed by atoms with E-state index in [1.807, 2.05) is 18.2 Å². The zero-order valence-electron chi connectivity index (χ0n) is 12.8. The molecule has 1 aromatic carbocycles. The predicted octanol–water partition coefficient (Wildman–Crippen LogP) is 2.26. The van der Waals surface area contributed by atoms with E-state index in [0.29, 0.717) is 18.7 Å². The van der Waals surface area contributed by atoms with Gasteiger partial charge in [0, 0.05) is 31.3 Å². The van der Waals surface area contributed by atoms with Gasteiger partial charge >= 0.3 is 5.97 Å². The van der Waals surface area contributed by atoms with Crippen molar-refractivity contribution in [3.63, 3.8) is 0 Å². The van der Waals surface area contributed by atoms with Crippen LogP contribution in [0.5, 0.6) is 0 Å². The van der Waals surface area contributed by atoms with Gasteiger partial charge in [0.15, 0.2) is 0 Å². The lowest BCUT2D eigenvalue weighted by atomic mass is 10.1. The van der Waals surface area contributed by atoms with Crippen molar-refractivity contribution < 1.29 is 19.4 Å². The second-order valence-corrected chi connectivity index (χ2v) is 5.78. The SMILES string of the molecule is O=C(O)CCN(C[C@@H]1CCCO1)C(=O)c1cccc2cc[nH]c12. The van der Waals surface area contributed by atoms with Crippen molar-refractivity contribution in [1.29, 1.82) is 0 Å². The fraction of sp³-hybridized carbons (Fsp3) is 0.412. The van der Waals surface area contributed by atoms with Crippen molar-refractivity contribution >= 4 is 22.8 Å². The number of rotatable bonds is 6. The van der Waals surface area contributed by atoms with Gasteiger partial charge in [0.05, 0.1) is 23.6 Å². The normalized spacial score (nSPS) is 17.5. The van der Waals surface area contributed by atoms with Crippen LogP contribution in [0, 0.1) is 0 Å². The third kappa shape index (κ3) is 3.53. The van der Waals surface area contributed by atoms with E-state index < -0.39 is 5.97 Å². The quantitative estimate of drug-likeness (QED) is 0.856. The van der Waals surface area contributed by atoms with Crippen molar-refractivity contribution in [3.8, 4) is 0 Å². The highest BCUT2D eigenvalue weighted by Crippen LogP contribution is 2.20. The molecule has 23 heavy (non-hydrogen) atoms. The molecule has 6 heteroatoms. The van der Waals surface area contributed by atoms with Crippen LogP contribution in [-0.2, 0) is 9.53 Å². The smallest absolute Gasteiger partial charge is 0.305 e. The molecule has 0 unspecified atom stereocenters. The number of fused-ring (bicyclic) bond motifs is 1. The number of benzene rings is 1. The van der Waals surface area contributed by atoms with Gasteiger partial charge in [0.25, 0.3) is 5.91 Å². The first kappa shape index (κ1) is 15.6. The van der Waals surface area contributed by atoms with Crippen molar-refractivity contribution in [2.75, 3.05) is 19.7 Å². The van der Waals surface area contributed by atoms with Gasteiger partial charge in [-0.05, 0) is 25.0 Å². The number of carbonyl (C=O) groups is 2. The van der Waals surface area contributed by atoms with Gasteiger partial charge in [-0.2, -0.15) is 0 Å². The molecule has 1 aliphatic heterocycles. The fourth-order valence-electron chi connectivity index (χ4n) is 2.97. The second-order valence-electron chi connectivity index (χ2n) is 5.78. The minimum absolute atomic E-state index is 0.00408. The highest BCUT2D eigenvalue weighted by molar-refractivity contribution is 6.05. The van der Waals surface area contributed by atoms with E-state index in [4.69, 9.17) is 9.84 Å². The molecule has 1 aromatic heterocycles. The zero-order valence-corrected chi connectivity index (χ0v) is 12.8. The number of aliphatic carboxylic acids is 1. The van der Waals surface area contributed by atoms with Crippen molar-refractivity contribution in [2.24, 2.45) is 0 Å². The molecule has 2 N–H and O–H groups in total. The maximum absolute atomic E-state index is 12.9. The van der Waals surface area contributed by atoms with E-state index in [1.165, 1.54) is 0 Å². The second kappa shape index (κ2) is 6.83. The summed E-state index contributed by atoms with van der Waals surface area (Å²) in [5, 5.41) is 9.90. The summed E-state index contributed by atoms with van der Waals surface area (Å²) >= 11 is 0. The van der Waals surface area contributed by atoms with Crippen LogP contribution in [0.4, 0.5) is 0 Å². The van der Waals surface area contributed by atoms with Crippen LogP contribution in [0.25, 0.3) is 10.9 Å². The first-order valence-corrected chi connectivity index (χ1v) is 7.84. The van der Waals surface area contributed by atoms with Crippen LogP contribution in [0.2, 0.25) is 0 Å². The van der Waals surface area contributed by atoms with Crippen LogP contribution in [-0.4, -0.2) is 52.7 Å². The molecule has 1 amide bonds. The van der Waals surface area contributed by atoms with E-state index in [9.17, 15) is 9.59 Å². The standard InChI is InChI=1S/C17H20N2O4/c20-15(21)7-9-19(11-13-4-2-10-23-13)17(22)14-5-1-3-12-6-8-18-16(12)14/h1,3,5-6,8,13,18H,2,4,7,9-11H2,(H,20,21)/t13-/m0/s1. The van der Waals surface area contributed by atoms with Gasteiger partial charge in [0.1, 0.15) is 0 Å². The number of aromatic amines is 1. The molecule has 2 aromatic rings. The Kier molecular flexibility index (Phi) is 4.62. The summed E-state index contributed by atoms with van der Waals surface area (Å²) in [5.74, 6) is -1.07. The molecule has 1 aliphatic rings. The van der Waals surface area contributed by atoms with Gasteiger partial charge in [-0.3, -0.25) is 9.59 Å². The Hall–Kier alpha value is -2.34. The summed E-state index contributed by atoms with van der Waals surface area (Å²) in [6.07, 6.45) is 3.61. The van der Waals surface area contributed by atoms with Gasteiger partial charge in [-0.1, -0.05) is 12.1 Å². The molecule has 2 heterocycles. The number of hydrogen-bond donors (Lipinski definition) is 2. The number of ether oxygens (including phenoxy) is 1. The molecule has 0 radical (unpaired) electrons. The summed E-state index contributed by atoms with van der Waals surface area (Å²) < 4.78 is 5.60. The Morgan fingerprint density at radius 2 is 2.22 bits per heavy atom. The molecule has 1 fully saturated rings. The van der Waals surface area contributed by atoms with E-state index in [-0.39, 0.29) is 25.0 Å². The summed E-state index contributed by atoms with van der Waals surface area (Å²) in [5.41, 5.74) is 1.35. The Bertz CT molecular complexity index is 703. The van der Waals surface area contributed by atoms with Gasteiger partial charge in [0.2, 0.25) is 0 Å². The van der Waals surface area contributed by atoms with Crippen molar-refractivity contribution in [1.82, 2.24) is 9.88 Å². The average molecular weight is 316 g/mol. The van der Waals surface area contributed by atoms with Crippen LogP contribution in [0.15, 0.2) is 30.5 Å². The molecule has 0 aliphatic carbocycles. The number of carboxylic acids is 1. The highest BCUT2D eigenvalue weighted by Gasteiger charge is 2.25. The number of nitrogens with zero attached hydrogens (tertiary/aromatic N) is 1. The highest BCUT2D eigenvalue weighted by atomic mass is 16.5. The van der Waals surface area contributed by atoms with Crippen molar-refractivity contribution in [3.05, 3.63) is 36.0 Å². The first-order valence-electron chi connectivity index (χ1n) is 7.84. The maximum atomic E-state index is 12.9. The third-order valence-corrected chi connectivity index (χ3v) is 4.15. The molecule has 1 atom stereocenters. The summed E-state index contributed by atoms with van der Waals surface area (Å²) in [4.78, 5) is 28.5. The summed E-state index contributed by atoms with van der Waals surface area (Å²) in [6.45, 7) is 1.33. The number of amides is 1. The van der Waals surface area contributed by atoms with Gasteiger partial charge < -0.3 is 19.7 Å². The summed E-state index contributed by atoms with van der Waals surface area (Å²) in [6, 6.07) is 7.45. The lowest BCUT2D eigenvalue weighted by molar-refractivity contribution is -0.137. The molecule has 0 bridgehead atoms. The molecular weight excluding hydrogens is 296 g/mol. The molecule has 6 nitrogen and oxygen atoms in total. The van der Waals surface area contributed by atoms with Gasteiger partial charge in [-0.15, -0.1) is 0 Å². The lowest BCUT2D eigenvalue weighted by Gasteiger charge is -2.25. The minimum Gasteiger partial charge on any atom is -0.481 e. The van der Waals surface area contributed by atoms with E-state index in [1.54, 1.807) is 17.2 Å². The van der Waals surface area contributed by atoms with Crippen LogP contribution < -0.4 is 0 Å². The minimum atomic E-state index is -0.909. The van der Waals surface area contributed by atoms with Crippen LogP contribution in [0.1, 0.15) is 29.6 Å². The molecule has 3 rings (SSSR count). The largest absolute Gasteiger partial charge is 0.481 e. The Balaban J connectivity index is 1.83. The average Bonchev–Trinajstić information content (AvgIpc) is 3.21. The van der Waals surface area contributed by atoms with Crippen LogP contribution >= 0.6 is 0 Å². The zero-order chi connectivity index (χ0) is 16.2. The number of aromatic nitrogens is 1. The first-order chi connectivity index (χ1) is 11.1. The number of hydrogen-bond acceptors (Lipinski definition) is 3. The summed E-state index contributed by atoms with van der Waals surface area (Å²) in [7, 11) is 0. The van der Waals surface area contributed by atoms with E-state index >= 15 is 0 Å². The van der Waals surface area contributed by atoms with E-state index in [0.717, 1.165) is 23.7 Å². The predicted molar refractivity (Wildman–Crippen MR) is 85.4 cm³/mol. The number of nitrogens with one attached hydrogen (secondary N) is 1. The lowest BCUT2D eigenvalue weighted by Crippen LogP contribution is -2.38. The monoisotopic (exact) mass is 316 g/mol. The maximum Gasteiger partial charge on any atom is 0.305 e. The van der Waals surface area contributed by atoms with Crippen LogP contribution in [0.3, 0.4) is 0 Å². The Morgan fingerprint density at radius 3 is 2.96 bits per heavy atom. The molecule has 1 saturated heterocycles. The third-order valence-electron chi connectivity index (χ3n) is 4.15. The Morgan fingerprint density at radius 1 is 1.35 bits per heavy atom. The van der Waals surface area contributed by atoms with Gasteiger partial charge in [-0.25, -0.2) is 0 Å². The topological polar surface area (TPSA) is 82.6 Å². The number of para-hydroxylation sites is 1. The molecular formula is C17H20N2O4. The van der Waals surface area contributed by atoms with Crippen molar-refractivity contribution in [2.45, 2.75) is 25.4 Å². The fourth-order valence-corrected chi connectivity index (χ4v) is 2.97.